The van der Waals surface area contributed by atoms with Gasteiger partial charge in [-0.05, 0) is 24.0 Å². The van der Waals surface area contributed by atoms with Crippen LogP contribution in [0.25, 0.3) is 0 Å². The number of likely N-dealkylation sites (tertiary alicyclic amines) is 2. The zero-order valence-corrected chi connectivity index (χ0v) is 16.3. The summed E-state index contributed by atoms with van der Waals surface area (Å²) in [6.07, 6.45) is 3.54. The van der Waals surface area contributed by atoms with E-state index in [2.05, 4.69) is 51.2 Å². The van der Waals surface area contributed by atoms with Crippen LogP contribution >= 0.6 is 0 Å². The monoisotopic (exact) mass is 368 g/mol. The van der Waals surface area contributed by atoms with Gasteiger partial charge in [-0.3, -0.25) is 0 Å². The number of carbonyl (C=O) groups is 1. The smallest absolute Gasteiger partial charge is 0.320 e. The number of aromatic nitrogens is 3. The molecule has 2 aromatic rings. The number of aryl methyl sites for hydroxylation is 1. The van der Waals surface area contributed by atoms with Gasteiger partial charge in [-0.1, -0.05) is 24.3 Å². The van der Waals surface area contributed by atoms with Crippen molar-refractivity contribution < 1.29 is 4.79 Å². The Morgan fingerprint density at radius 3 is 2.56 bits per heavy atom. The molecule has 144 valence electrons. The van der Waals surface area contributed by atoms with Crippen LogP contribution in [0.1, 0.15) is 17.2 Å². The Balaban J connectivity index is 1.54. The van der Waals surface area contributed by atoms with E-state index in [1.54, 1.807) is 17.6 Å². The van der Waals surface area contributed by atoms with Crippen LogP contribution in [-0.4, -0.2) is 75.8 Å². The lowest BCUT2D eigenvalue weighted by Crippen LogP contribution is -2.41. The fourth-order valence-electron chi connectivity index (χ4n) is 4.69. The molecule has 2 aliphatic heterocycles. The molecule has 0 N–H and O–H groups in total. The molecule has 4 rings (SSSR count). The highest BCUT2D eigenvalue weighted by molar-refractivity contribution is 5.75. The Morgan fingerprint density at radius 2 is 1.85 bits per heavy atom. The Labute approximate surface area is 160 Å². The van der Waals surface area contributed by atoms with E-state index in [1.165, 1.54) is 11.1 Å². The summed E-state index contributed by atoms with van der Waals surface area (Å²) < 4.78 is 2.02. The molecule has 2 fully saturated rings. The second-order valence-corrected chi connectivity index (χ2v) is 8.01. The molecule has 7 heteroatoms. The van der Waals surface area contributed by atoms with E-state index in [0.29, 0.717) is 11.8 Å². The Hall–Kier alpha value is -2.41. The van der Waals surface area contributed by atoms with Crippen molar-refractivity contribution in [1.29, 1.82) is 0 Å². The molecule has 0 unspecified atom stereocenters. The first-order valence-electron chi connectivity index (χ1n) is 9.63. The Kier molecular flexibility index (Phi) is 4.86. The maximum Gasteiger partial charge on any atom is 0.320 e. The van der Waals surface area contributed by atoms with Gasteiger partial charge in [0.05, 0.1) is 6.04 Å². The number of benzene rings is 1. The predicted molar refractivity (Wildman–Crippen MR) is 103 cm³/mol. The SMILES string of the molecule is Cc1ccccc1[C@H]1[C@@H]2CN(CCn3cnnc3)C[C@@H]2CN1C(=O)N(C)C. The van der Waals surface area contributed by atoms with Crippen molar-refractivity contribution in [1.82, 2.24) is 29.5 Å². The molecule has 2 aliphatic rings. The number of rotatable bonds is 4. The highest BCUT2D eigenvalue weighted by Gasteiger charge is 2.49. The topological polar surface area (TPSA) is 57.5 Å². The molecule has 2 saturated heterocycles. The first-order chi connectivity index (χ1) is 13.0. The third kappa shape index (κ3) is 3.43. The van der Waals surface area contributed by atoms with E-state index in [9.17, 15) is 4.79 Å². The minimum atomic E-state index is 0.119. The second kappa shape index (κ2) is 7.31. The minimum absolute atomic E-state index is 0.119. The first kappa shape index (κ1) is 18.0. The molecular formula is C20H28N6O. The maximum absolute atomic E-state index is 12.9. The van der Waals surface area contributed by atoms with Gasteiger partial charge in [-0.2, -0.15) is 0 Å². The van der Waals surface area contributed by atoms with Gasteiger partial charge in [-0.15, -0.1) is 10.2 Å². The van der Waals surface area contributed by atoms with Crippen molar-refractivity contribution >= 4 is 6.03 Å². The van der Waals surface area contributed by atoms with Crippen molar-refractivity contribution in [2.24, 2.45) is 11.8 Å². The fraction of sp³-hybridized carbons (Fsp3) is 0.550. The van der Waals surface area contributed by atoms with Gasteiger partial charge in [0.15, 0.2) is 0 Å². The Morgan fingerprint density at radius 1 is 1.11 bits per heavy atom. The van der Waals surface area contributed by atoms with Crippen molar-refractivity contribution in [3.05, 3.63) is 48.0 Å². The van der Waals surface area contributed by atoms with Crippen LogP contribution in [0.4, 0.5) is 4.79 Å². The number of nitrogens with zero attached hydrogens (tertiary/aromatic N) is 6. The summed E-state index contributed by atoms with van der Waals surface area (Å²) in [4.78, 5) is 19.2. The van der Waals surface area contributed by atoms with Crippen LogP contribution in [0.5, 0.6) is 0 Å². The number of carbonyl (C=O) groups excluding carboxylic acids is 1. The summed E-state index contributed by atoms with van der Waals surface area (Å²) in [6, 6.07) is 8.79. The van der Waals surface area contributed by atoms with E-state index in [4.69, 9.17) is 0 Å². The zero-order valence-electron chi connectivity index (χ0n) is 16.3. The maximum atomic E-state index is 12.9. The van der Waals surface area contributed by atoms with Crippen LogP contribution in [0.2, 0.25) is 0 Å². The van der Waals surface area contributed by atoms with Crippen LogP contribution < -0.4 is 0 Å². The highest BCUT2D eigenvalue weighted by Crippen LogP contribution is 2.46. The lowest BCUT2D eigenvalue weighted by Gasteiger charge is -2.32. The average molecular weight is 368 g/mol. The molecule has 0 radical (unpaired) electrons. The van der Waals surface area contributed by atoms with Gasteiger partial charge in [0.2, 0.25) is 0 Å². The van der Waals surface area contributed by atoms with Gasteiger partial charge in [0.1, 0.15) is 12.7 Å². The van der Waals surface area contributed by atoms with Gasteiger partial charge in [0, 0.05) is 52.7 Å². The molecule has 7 nitrogen and oxygen atoms in total. The van der Waals surface area contributed by atoms with E-state index in [-0.39, 0.29) is 12.1 Å². The standard InChI is InChI=1S/C20H28N6O/c1-15-6-4-5-7-17(15)19-18-12-24(8-9-25-13-21-22-14-25)10-16(18)11-26(19)20(27)23(2)3/h4-7,13-14,16,18-19H,8-12H2,1-3H3/t16-,18-,19+/m1/s1. The molecule has 0 saturated carbocycles. The summed E-state index contributed by atoms with van der Waals surface area (Å²) in [5, 5.41) is 7.76. The molecule has 0 bridgehead atoms. The normalized spacial score (nSPS) is 25.0. The van der Waals surface area contributed by atoms with Crippen molar-refractivity contribution in [3.63, 3.8) is 0 Å². The van der Waals surface area contributed by atoms with Crippen LogP contribution in [0.3, 0.4) is 0 Å². The van der Waals surface area contributed by atoms with E-state index in [0.717, 1.165) is 32.7 Å². The molecule has 27 heavy (non-hydrogen) atoms. The summed E-state index contributed by atoms with van der Waals surface area (Å²) >= 11 is 0. The van der Waals surface area contributed by atoms with E-state index >= 15 is 0 Å². The number of hydrogen-bond donors (Lipinski definition) is 0. The predicted octanol–water partition coefficient (Wildman–Crippen LogP) is 1.87. The molecule has 1 aromatic carbocycles. The number of fused-ring (bicyclic) bond motifs is 1. The molecule has 2 amide bonds. The van der Waals surface area contributed by atoms with Gasteiger partial charge in [-0.25, -0.2) is 4.79 Å². The highest BCUT2D eigenvalue weighted by atomic mass is 16.2. The molecule has 3 heterocycles. The number of hydrogen-bond acceptors (Lipinski definition) is 4. The first-order valence-corrected chi connectivity index (χ1v) is 9.63. The van der Waals surface area contributed by atoms with Gasteiger partial charge < -0.3 is 19.3 Å². The zero-order chi connectivity index (χ0) is 19.0. The molecule has 1 aromatic heterocycles. The van der Waals surface area contributed by atoms with Crippen LogP contribution in [-0.2, 0) is 6.54 Å². The molecule has 3 atom stereocenters. The average Bonchev–Trinajstić information content (AvgIpc) is 3.35. The Bertz CT molecular complexity index is 790. The number of urea groups is 1. The minimum Gasteiger partial charge on any atom is -0.331 e. The van der Waals surface area contributed by atoms with E-state index in [1.807, 2.05) is 18.7 Å². The fourth-order valence-corrected chi connectivity index (χ4v) is 4.69. The van der Waals surface area contributed by atoms with Crippen LogP contribution in [0.15, 0.2) is 36.9 Å². The third-order valence-electron chi connectivity index (χ3n) is 6.02. The lowest BCUT2D eigenvalue weighted by molar-refractivity contribution is 0.152. The summed E-state index contributed by atoms with van der Waals surface area (Å²) in [5.74, 6) is 1.01. The molecular weight excluding hydrogens is 340 g/mol. The van der Waals surface area contributed by atoms with Gasteiger partial charge >= 0.3 is 6.03 Å². The lowest BCUT2D eigenvalue weighted by atomic mass is 9.88. The summed E-state index contributed by atoms with van der Waals surface area (Å²) in [6.45, 7) is 6.97. The largest absolute Gasteiger partial charge is 0.331 e. The number of amides is 2. The van der Waals surface area contributed by atoms with Gasteiger partial charge in [0.25, 0.3) is 0 Å². The van der Waals surface area contributed by atoms with Crippen molar-refractivity contribution in [2.45, 2.75) is 19.5 Å². The second-order valence-electron chi connectivity index (χ2n) is 8.01. The molecule has 0 aliphatic carbocycles. The van der Waals surface area contributed by atoms with Crippen LogP contribution in [0, 0.1) is 18.8 Å². The van der Waals surface area contributed by atoms with E-state index < -0.39 is 0 Å². The summed E-state index contributed by atoms with van der Waals surface area (Å²) in [5.41, 5.74) is 2.56. The molecule has 0 spiro atoms. The van der Waals surface area contributed by atoms with Crippen molar-refractivity contribution in [2.75, 3.05) is 40.3 Å². The third-order valence-corrected chi connectivity index (χ3v) is 6.02. The quantitative estimate of drug-likeness (QED) is 0.827. The van der Waals surface area contributed by atoms with Crippen molar-refractivity contribution in [3.8, 4) is 0 Å². The summed E-state index contributed by atoms with van der Waals surface area (Å²) in [7, 11) is 3.69.